The number of carboxylic acids is 1. The van der Waals surface area contributed by atoms with Crippen LogP contribution in [0.2, 0.25) is 5.02 Å². The van der Waals surface area contributed by atoms with E-state index in [0.29, 0.717) is 23.6 Å². The third kappa shape index (κ3) is 10.8. The van der Waals surface area contributed by atoms with Crippen molar-refractivity contribution in [3.05, 3.63) is 100 Å². The third-order valence-corrected chi connectivity index (χ3v) is 9.41. The van der Waals surface area contributed by atoms with Gasteiger partial charge in [0.2, 0.25) is 11.9 Å². The van der Waals surface area contributed by atoms with Gasteiger partial charge in [0.05, 0.1) is 5.54 Å². The topological polar surface area (TPSA) is 197 Å². The number of nitrogens with one attached hydrogen (secondary N) is 5. The Morgan fingerprint density at radius 1 is 0.893 bits per heavy atom. The lowest BCUT2D eigenvalue weighted by Crippen LogP contribution is -2.45. The molecule has 0 radical (unpaired) electrons. The van der Waals surface area contributed by atoms with Gasteiger partial charge in [-0.25, -0.2) is 9.18 Å². The number of hydrogen-bond acceptors (Lipinski definition) is 10. The van der Waals surface area contributed by atoms with Crippen molar-refractivity contribution in [1.82, 2.24) is 30.9 Å². The van der Waals surface area contributed by atoms with Crippen molar-refractivity contribution in [2.45, 2.75) is 49.4 Å². The van der Waals surface area contributed by atoms with Gasteiger partial charge in [0.1, 0.15) is 11.9 Å². The summed E-state index contributed by atoms with van der Waals surface area (Å²) in [7, 11) is 0. The highest BCUT2D eigenvalue weighted by Gasteiger charge is 2.45. The number of amides is 3. The molecule has 0 saturated heterocycles. The van der Waals surface area contributed by atoms with E-state index < -0.39 is 54.1 Å². The molecule has 2 fully saturated rings. The molecule has 2 saturated carbocycles. The summed E-state index contributed by atoms with van der Waals surface area (Å²) in [6.07, 6.45) is -2.71. The number of ether oxygens (including phenoxy) is 1. The summed E-state index contributed by atoms with van der Waals surface area (Å²) in [5.74, 6) is -4.27. The Labute approximate surface area is 321 Å². The number of anilines is 3. The van der Waals surface area contributed by atoms with Crippen molar-refractivity contribution in [2.75, 3.05) is 30.3 Å². The van der Waals surface area contributed by atoms with E-state index >= 15 is 0 Å². The van der Waals surface area contributed by atoms with Gasteiger partial charge in [-0.05, 0) is 97.2 Å². The molecule has 14 nitrogen and oxygen atoms in total. The molecule has 1 heterocycles. The van der Waals surface area contributed by atoms with E-state index in [1.165, 1.54) is 36.4 Å². The summed E-state index contributed by atoms with van der Waals surface area (Å²) in [5, 5.41) is 23.5. The minimum atomic E-state index is -4.65. The van der Waals surface area contributed by atoms with Crippen LogP contribution in [0.4, 0.5) is 35.1 Å². The van der Waals surface area contributed by atoms with Gasteiger partial charge in [-0.3, -0.25) is 14.4 Å². The SMILES string of the molecule is O=C(NCC[C@H](NC(=O)c1ccc(Nc2nc(NC3(c4ccc(Cl)cc4)CC3)nc(OCC(F)(F)F)n2)cc1)C(=O)O)C(=O)NCC1CC1c1ccc(F)cc1. The molecule has 19 heteroatoms. The number of benzene rings is 3. The first-order valence-corrected chi connectivity index (χ1v) is 17.8. The van der Waals surface area contributed by atoms with E-state index in [4.69, 9.17) is 16.3 Å². The minimum Gasteiger partial charge on any atom is -0.480 e. The molecule has 294 valence electrons. The van der Waals surface area contributed by atoms with Gasteiger partial charge in [0, 0.05) is 29.4 Å². The number of aromatic nitrogens is 3. The standard InChI is InChI=1S/C37H35ClF4N8O6/c38-24-7-5-23(6-8-24)36(14-15-36)50-34-47-33(48-35(49-34)56-19-37(40,41)42)45-26-11-3-21(4-12-26)29(51)46-28(32(54)55)13-16-43-30(52)31(53)44-18-22-17-27(22)20-1-9-25(39)10-2-20/h1-12,22,27-28H,13-19H2,(H,43,52)(H,44,53)(H,46,51)(H,54,55)(H2,45,47,48,49,50)/t22?,27?,28-/m0/s1. The van der Waals surface area contributed by atoms with Crippen LogP contribution >= 0.6 is 11.6 Å². The zero-order chi connectivity index (χ0) is 40.0. The van der Waals surface area contributed by atoms with Crippen molar-refractivity contribution in [1.29, 1.82) is 0 Å². The summed E-state index contributed by atoms with van der Waals surface area (Å²) in [6, 6.07) is 16.8. The molecule has 4 aromatic rings. The lowest BCUT2D eigenvalue weighted by atomic mass is 10.1. The quantitative estimate of drug-likeness (QED) is 0.0655. The number of hydrogen-bond donors (Lipinski definition) is 6. The molecule has 56 heavy (non-hydrogen) atoms. The second-order valence-corrected chi connectivity index (χ2v) is 13.8. The number of aliphatic carboxylic acids is 1. The van der Waals surface area contributed by atoms with Gasteiger partial charge in [-0.15, -0.1) is 0 Å². The lowest BCUT2D eigenvalue weighted by Gasteiger charge is -2.19. The van der Waals surface area contributed by atoms with Crippen molar-refractivity contribution < 1.29 is 46.6 Å². The molecule has 0 aliphatic heterocycles. The normalized spacial score (nSPS) is 17.2. The zero-order valence-electron chi connectivity index (χ0n) is 29.3. The van der Waals surface area contributed by atoms with Gasteiger partial charge >= 0.3 is 30.0 Å². The Bertz CT molecular complexity index is 2070. The largest absolute Gasteiger partial charge is 0.480 e. The molecule has 3 amide bonds. The van der Waals surface area contributed by atoms with Crippen LogP contribution in [0.15, 0.2) is 72.8 Å². The number of nitrogens with zero attached hydrogens (tertiary/aromatic N) is 3. The van der Waals surface area contributed by atoms with Crippen LogP contribution in [0.3, 0.4) is 0 Å². The van der Waals surface area contributed by atoms with Crippen LogP contribution in [0.5, 0.6) is 6.01 Å². The van der Waals surface area contributed by atoms with E-state index in [1.54, 1.807) is 24.3 Å². The molecule has 3 atom stereocenters. The highest BCUT2D eigenvalue weighted by molar-refractivity contribution is 6.35. The molecule has 0 bridgehead atoms. The average molecular weight is 799 g/mol. The average Bonchev–Trinajstić information content (AvgIpc) is 4.10. The Balaban J connectivity index is 1.00. The number of carboxylic acid groups (broad SMARTS) is 1. The van der Waals surface area contributed by atoms with E-state index in [0.717, 1.165) is 17.5 Å². The summed E-state index contributed by atoms with van der Waals surface area (Å²) in [5.41, 5.74) is 1.64. The predicted octanol–water partition coefficient (Wildman–Crippen LogP) is 5.06. The lowest BCUT2D eigenvalue weighted by molar-refractivity contribution is -0.154. The Kier molecular flexibility index (Phi) is 11.9. The summed E-state index contributed by atoms with van der Waals surface area (Å²) >= 11 is 6.02. The number of halogens is 5. The van der Waals surface area contributed by atoms with E-state index in [-0.39, 0.29) is 54.6 Å². The van der Waals surface area contributed by atoms with Crippen LogP contribution < -0.4 is 31.3 Å². The number of carbonyl (C=O) groups excluding carboxylic acids is 3. The maximum atomic E-state index is 13.2. The van der Waals surface area contributed by atoms with Crippen LogP contribution in [-0.4, -0.2) is 75.7 Å². The van der Waals surface area contributed by atoms with Crippen molar-refractivity contribution in [3.8, 4) is 6.01 Å². The van der Waals surface area contributed by atoms with Gasteiger partial charge < -0.3 is 36.4 Å². The Morgan fingerprint density at radius 2 is 1.55 bits per heavy atom. The first kappa shape index (κ1) is 39.6. The third-order valence-electron chi connectivity index (χ3n) is 9.15. The number of rotatable bonds is 16. The van der Waals surface area contributed by atoms with Gasteiger partial charge in [0.25, 0.3) is 5.91 Å². The minimum absolute atomic E-state index is 0.0467. The van der Waals surface area contributed by atoms with Crippen molar-refractivity contribution >= 4 is 52.9 Å². The first-order valence-electron chi connectivity index (χ1n) is 17.4. The Morgan fingerprint density at radius 3 is 2.20 bits per heavy atom. The fourth-order valence-electron chi connectivity index (χ4n) is 5.91. The molecule has 2 aliphatic rings. The monoisotopic (exact) mass is 798 g/mol. The van der Waals surface area contributed by atoms with Crippen molar-refractivity contribution in [3.63, 3.8) is 0 Å². The first-order chi connectivity index (χ1) is 26.7. The maximum Gasteiger partial charge on any atom is 0.422 e. The van der Waals surface area contributed by atoms with Crippen LogP contribution in [0, 0.1) is 11.7 Å². The molecular formula is C37H35ClF4N8O6. The fraction of sp³-hybridized carbons (Fsp3) is 0.324. The molecular weight excluding hydrogens is 764 g/mol. The summed E-state index contributed by atoms with van der Waals surface area (Å²) in [4.78, 5) is 61.6. The summed E-state index contributed by atoms with van der Waals surface area (Å²) < 4.78 is 56.8. The van der Waals surface area contributed by atoms with Crippen molar-refractivity contribution in [2.24, 2.45) is 5.92 Å². The van der Waals surface area contributed by atoms with Gasteiger partial charge in [-0.2, -0.15) is 28.1 Å². The van der Waals surface area contributed by atoms with Crippen LogP contribution in [0.25, 0.3) is 0 Å². The zero-order valence-corrected chi connectivity index (χ0v) is 30.1. The second kappa shape index (κ2) is 16.8. The fourth-order valence-corrected chi connectivity index (χ4v) is 6.04. The highest BCUT2D eigenvalue weighted by Crippen LogP contribution is 2.48. The molecule has 3 aromatic carbocycles. The van der Waals surface area contributed by atoms with E-state index in [9.17, 15) is 41.8 Å². The molecule has 6 N–H and O–H groups in total. The highest BCUT2D eigenvalue weighted by atomic mass is 35.5. The molecule has 2 aliphatic carbocycles. The van der Waals surface area contributed by atoms with Crippen LogP contribution in [-0.2, 0) is 19.9 Å². The smallest absolute Gasteiger partial charge is 0.422 e. The Hall–Kier alpha value is -6.04. The molecule has 0 spiro atoms. The second-order valence-electron chi connectivity index (χ2n) is 13.4. The van der Waals surface area contributed by atoms with Gasteiger partial charge in [0.15, 0.2) is 6.61 Å². The predicted molar refractivity (Wildman–Crippen MR) is 194 cm³/mol. The molecule has 6 rings (SSSR count). The molecule has 2 unspecified atom stereocenters. The number of alkyl halides is 3. The number of carbonyl (C=O) groups is 4. The van der Waals surface area contributed by atoms with Crippen LogP contribution in [0.1, 0.15) is 53.1 Å². The maximum absolute atomic E-state index is 13.2. The molecule has 1 aromatic heterocycles. The van der Waals surface area contributed by atoms with E-state index in [2.05, 4.69) is 41.5 Å². The summed E-state index contributed by atoms with van der Waals surface area (Å²) in [6.45, 7) is -1.62. The van der Waals surface area contributed by atoms with Gasteiger partial charge in [-0.1, -0.05) is 35.9 Å². The van der Waals surface area contributed by atoms with E-state index in [1.807, 2.05) is 12.1 Å².